The van der Waals surface area contributed by atoms with Gasteiger partial charge in [-0.15, -0.1) is 0 Å². The molecular weight excluding hydrogens is 739 g/mol. The predicted octanol–water partition coefficient (Wildman–Crippen LogP) is 15.3. The summed E-state index contributed by atoms with van der Waals surface area (Å²) < 4.78 is 2.15. The maximum Gasteiger partial charge on any atom is 0.146 e. The third-order valence-corrected chi connectivity index (χ3v) is 12.2. The first-order valence-corrected chi connectivity index (χ1v) is 20.8. The molecule has 0 saturated heterocycles. The Kier molecular flexibility index (Phi) is 8.17. The number of rotatable bonds is 6. The van der Waals surface area contributed by atoms with Crippen LogP contribution >= 0.6 is 0 Å². The Morgan fingerprint density at radius 2 is 0.770 bits per heavy atom. The Labute approximate surface area is 353 Å². The number of benzene rings is 9. The molecule has 284 valence electrons. The van der Waals surface area contributed by atoms with Gasteiger partial charge in [0.1, 0.15) is 5.65 Å². The molecule has 0 radical (unpaired) electrons. The fourth-order valence-electron chi connectivity index (χ4n) is 9.38. The lowest BCUT2D eigenvalue weighted by Gasteiger charge is -2.18. The van der Waals surface area contributed by atoms with Gasteiger partial charge in [-0.3, -0.25) is 0 Å². The average molecular weight is 776 g/mol. The smallest absolute Gasteiger partial charge is 0.146 e. The molecule has 0 amide bonds. The first-order valence-electron chi connectivity index (χ1n) is 20.8. The van der Waals surface area contributed by atoms with Gasteiger partial charge in [-0.25, -0.2) is 9.97 Å². The van der Waals surface area contributed by atoms with Gasteiger partial charge in [-0.1, -0.05) is 206 Å². The lowest BCUT2D eigenvalue weighted by molar-refractivity contribution is 1.20. The molecule has 12 aromatic rings. The average Bonchev–Trinajstić information content (AvgIpc) is 3.79. The van der Waals surface area contributed by atoms with Crippen LogP contribution in [0.5, 0.6) is 0 Å². The molecule has 9 aromatic carbocycles. The summed E-state index contributed by atoms with van der Waals surface area (Å²) in [5, 5.41) is 8.22. The SMILES string of the molecule is c1ccc(-c2ccc(-c3c4ccccc4c(-c4ccc(-c5cccc6c5nc(-c5ccccc5)c5ccn7cc(-c8ccccc8)nc7c56)cc4)c4ccccc34)cc2)cc1. The first-order chi connectivity index (χ1) is 30.3. The highest BCUT2D eigenvalue weighted by molar-refractivity contribution is 6.22. The summed E-state index contributed by atoms with van der Waals surface area (Å²) in [6.07, 6.45) is 4.24. The van der Waals surface area contributed by atoms with Crippen LogP contribution in [0.3, 0.4) is 0 Å². The minimum absolute atomic E-state index is 0.919. The summed E-state index contributed by atoms with van der Waals surface area (Å²) in [4.78, 5) is 10.8. The standard InChI is InChI=1S/C58H37N3/c1-4-15-38(16-5-1)39-27-31-42(32-28-39)53-46-21-10-12-23-48(46)54(49-24-13-11-22-47(49)53)43-33-29-40(30-34-43)45-25-14-26-50-55-51(56(60-57(45)50)44-19-8-3-9-20-44)35-36-61-37-52(59-58(55)61)41-17-6-2-7-18-41/h1-37H. The van der Waals surface area contributed by atoms with Gasteiger partial charge >= 0.3 is 0 Å². The van der Waals surface area contributed by atoms with Crippen LogP contribution in [0.2, 0.25) is 0 Å². The van der Waals surface area contributed by atoms with Crippen molar-refractivity contribution in [2.45, 2.75) is 0 Å². The molecule has 0 spiro atoms. The third kappa shape index (κ3) is 5.82. The lowest BCUT2D eigenvalue weighted by atomic mass is 9.85. The van der Waals surface area contributed by atoms with E-state index < -0.39 is 0 Å². The van der Waals surface area contributed by atoms with E-state index in [-0.39, 0.29) is 0 Å². The number of fused-ring (bicyclic) bond motifs is 7. The number of hydrogen-bond acceptors (Lipinski definition) is 2. The molecule has 0 aliphatic heterocycles. The summed E-state index contributed by atoms with van der Waals surface area (Å²) in [5.74, 6) is 0. The van der Waals surface area contributed by atoms with Crippen LogP contribution in [0, 0.1) is 0 Å². The lowest BCUT2D eigenvalue weighted by Crippen LogP contribution is -1.95. The number of pyridine rings is 2. The molecule has 0 aliphatic rings. The van der Waals surface area contributed by atoms with Crippen LogP contribution < -0.4 is 0 Å². The van der Waals surface area contributed by atoms with Crippen molar-refractivity contribution in [3.8, 4) is 67.0 Å². The van der Waals surface area contributed by atoms with Crippen molar-refractivity contribution in [3.63, 3.8) is 0 Å². The second-order valence-corrected chi connectivity index (χ2v) is 15.7. The second-order valence-electron chi connectivity index (χ2n) is 15.7. The zero-order valence-electron chi connectivity index (χ0n) is 33.2. The molecule has 0 fully saturated rings. The zero-order chi connectivity index (χ0) is 40.3. The van der Waals surface area contributed by atoms with Crippen LogP contribution in [-0.2, 0) is 0 Å². The largest absolute Gasteiger partial charge is 0.306 e. The van der Waals surface area contributed by atoms with Crippen molar-refractivity contribution in [1.82, 2.24) is 14.4 Å². The summed E-state index contributed by atoms with van der Waals surface area (Å²) in [7, 11) is 0. The molecule has 0 N–H and O–H groups in total. The summed E-state index contributed by atoms with van der Waals surface area (Å²) in [6.45, 7) is 0. The molecule has 0 unspecified atom stereocenters. The normalized spacial score (nSPS) is 11.6. The first kappa shape index (κ1) is 34.9. The van der Waals surface area contributed by atoms with Crippen molar-refractivity contribution < 1.29 is 0 Å². The summed E-state index contributed by atoms with van der Waals surface area (Å²) >= 11 is 0. The van der Waals surface area contributed by atoms with Gasteiger partial charge in [0.15, 0.2) is 0 Å². The summed E-state index contributed by atoms with van der Waals surface area (Å²) in [5.41, 5.74) is 15.5. The molecule has 61 heavy (non-hydrogen) atoms. The van der Waals surface area contributed by atoms with Crippen molar-refractivity contribution in [2.75, 3.05) is 0 Å². The van der Waals surface area contributed by atoms with Crippen molar-refractivity contribution in [3.05, 3.63) is 225 Å². The molecule has 0 aliphatic carbocycles. The van der Waals surface area contributed by atoms with E-state index in [2.05, 4.69) is 223 Å². The molecule has 3 heterocycles. The van der Waals surface area contributed by atoms with Crippen LogP contribution in [0.1, 0.15) is 0 Å². The van der Waals surface area contributed by atoms with Gasteiger partial charge in [-0.2, -0.15) is 0 Å². The Balaban J connectivity index is 1.02. The molecule has 12 rings (SSSR count). The Morgan fingerprint density at radius 3 is 1.34 bits per heavy atom. The molecule has 0 saturated carbocycles. The van der Waals surface area contributed by atoms with Crippen LogP contribution in [-0.4, -0.2) is 14.4 Å². The highest BCUT2D eigenvalue weighted by Gasteiger charge is 2.20. The third-order valence-electron chi connectivity index (χ3n) is 12.2. The van der Waals surface area contributed by atoms with Gasteiger partial charge in [-0.05, 0) is 66.6 Å². The van der Waals surface area contributed by atoms with Crippen molar-refractivity contribution >= 4 is 48.9 Å². The van der Waals surface area contributed by atoms with Gasteiger partial charge in [0.05, 0.1) is 16.9 Å². The fourth-order valence-corrected chi connectivity index (χ4v) is 9.38. The highest BCUT2D eigenvalue weighted by Crippen LogP contribution is 2.45. The molecular formula is C58H37N3. The predicted molar refractivity (Wildman–Crippen MR) is 256 cm³/mol. The highest BCUT2D eigenvalue weighted by atomic mass is 15.0. The Hall–Kier alpha value is -8.14. The second kappa shape index (κ2) is 14.3. The number of nitrogens with zero attached hydrogens (tertiary/aromatic N) is 3. The zero-order valence-corrected chi connectivity index (χ0v) is 33.2. The van der Waals surface area contributed by atoms with Gasteiger partial charge in [0.25, 0.3) is 0 Å². The van der Waals surface area contributed by atoms with E-state index in [0.717, 1.165) is 61.0 Å². The van der Waals surface area contributed by atoms with Gasteiger partial charge in [0, 0.05) is 45.2 Å². The molecule has 3 nitrogen and oxygen atoms in total. The Morgan fingerprint density at radius 1 is 0.311 bits per heavy atom. The number of imidazole rings is 1. The van der Waals surface area contributed by atoms with Gasteiger partial charge < -0.3 is 4.40 Å². The van der Waals surface area contributed by atoms with E-state index >= 15 is 0 Å². The number of aromatic nitrogens is 3. The van der Waals surface area contributed by atoms with E-state index in [1.54, 1.807) is 0 Å². The number of hydrogen-bond donors (Lipinski definition) is 0. The van der Waals surface area contributed by atoms with E-state index in [0.29, 0.717) is 0 Å². The quantitative estimate of drug-likeness (QED) is 0.124. The molecule has 3 aromatic heterocycles. The molecule has 3 heteroatoms. The van der Waals surface area contributed by atoms with E-state index in [4.69, 9.17) is 9.97 Å². The van der Waals surface area contributed by atoms with Crippen LogP contribution in [0.4, 0.5) is 0 Å². The monoisotopic (exact) mass is 775 g/mol. The Bertz CT molecular complexity index is 3540. The minimum atomic E-state index is 0.919. The summed E-state index contributed by atoms with van der Waals surface area (Å²) in [6, 6.07) is 76.1. The van der Waals surface area contributed by atoms with Crippen LogP contribution in [0.25, 0.3) is 116 Å². The molecule has 0 bridgehead atoms. The topological polar surface area (TPSA) is 30.2 Å². The van der Waals surface area contributed by atoms with E-state index in [9.17, 15) is 0 Å². The van der Waals surface area contributed by atoms with Gasteiger partial charge in [0.2, 0.25) is 0 Å². The van der Waals surface area contributed by atoms with Crippen LogP contribution in [0.15, 0.2) is 225 Å². The van der Waals surface area contributed by atoms with Crippen molar-refractivity contribution in [1.29, 1.82) is 0 Å². The maximum absolute atomic E-state index is 5.51. The number of para-hydroxylation sites is 1. The molecule has 0 atom stereocenters. The fraction of sp³-hybridized carbons (Fsp3) is 0. The minimum Gasteiger partial charge on any atom is -0.306 e. The van der Waals surface area contributed by atoms with E-state index in [1.807, 2.05) is 6.07 Å². The van der Waals surface area contributed by atoms with E-state index in [1.165, 1.54) is 54.9 Å². The maximum atomic E-state index is 5.51. The van der Waals surface area contributed by atoms with Crippen molar-refractivity contribution in [2.24, 2.45) is 0 Å².